The molecule has 1 aliphatic carbocycles. The maximum atomic E-state index is 13.5. The minimum absolute atomic E-state index is 0.0370. The predicted octanol–water partition coefficient (Wildman–Crippen LogP) is 6.70. The molecular weight excluding hydrogens is 457 g/mol. The number of hydrogen-bond acceptors (Lipinski definition) is 4. The fourth-order valence-electron chi connectivity index (χ4n) is 4.66. The standard InChI is InChI=1S/C27H27Cl2NO3/c1-3-4-13-33-27(32)24-16(2)30-22-14-19(17-5-9-20(28)10-6-17)15-23(31)26(22)25(24)18-7-11-21(29)12-8-18/h5-12,19,25,30H,3-4,13-15H2,1-2H3. The molecule has 0 spiro atoms. The lowest BCUT2D eigenvalue weighted by molar-refractivity contribution is -0.139. The van der Waals surface area contributed by atoms with Gasteiger partial charge < -0.3 is 10.1 Å². The summed E-state index contributed by atoms with van der Waals surface area (Å²) in [5.74, 6) is -0.772. The average molecular weight is 484 g/mol. The zero-order valence-corrected chi connectivity index (χ0v) is 20.3. The molecule has 0 bridgehead atoms. The maximum absolute atomic E-state index is 13.5. The molecule has 2 unspecified atom stereocenters. The highest BCUT2D eigenvalue weighted by atomic mass is 35.5. The van der Waals surface area contributed by atoms with Gasteiger partial charge in [0.05, 0.1) is 12.2 Å². The van der Waals surface area contributed by atoms with E-state index < -0.39 is 5.92 Å². The molecule has 0 aromatic heterocycles. The third-order valence-corrected chi connectivity index (χ3v) is 6.83. The van der Waals surface area contributed by atoms with Crippen molar-refractivity contribution in [2.24, 2.45) is 0 Å². The van der Waals surface area contributed by atoms with Gasteiger partial charge in [-0.1, -0.05) is 60.8 Å². The van der Waals surface area contributed by atoms with E-state index in [-0.39, 0.29) is 17.7 Å². The average Bonchev–Trinajstić information content (AvgIpc) is 2.79. The van der Waals surface area contributed by atoms with Gasteiger partial charge in [-0.3, -0.25) is 4.79 Å². The molecule has 2 atom stereocenters. The summed E-state index contributed by atoms with van der Waals surface area (Å²) in [6.45, 7) is 4.28. The molecule has 172 valence electrons. The Bertz CT molecular complexity index is 1120. The number of unbranched alkanes of at least 4 members (excludes halogenated alkanes) is 1. The van der Waals surface area contributed by atoms with Crippen LogP contribution in [-0.2, 0) is 14.3 Å². The zero-order valence-electron chi connectivity index (χ0n) is 18.8. The van der Waals surface area contributed by atoms with Crippen molar-refractivity contribution in [1.82, 2.24) is 5.32 Å². The van der Waals surface area contributed by atoms with Crippen molar-refractivity contribution in [1.29, 1.82) is 0 Å². The van der Waals surface area contributed by atoms with Crippen molar-refractivity contribution in [2.75, 3.05) is 6.61 Å². The molecule has 0 saturated heterocycles. The second-order valence-electron chi connectivity index (χ2n) is 8.61. The van der Waals surface area contributed by atoms with Gasteiger partial charge in [-0.25, -0.2) is 4.79 Å². The number of ether oxygens (including phenoxy) is 1. The van der Waals surface area contributed by atoms with Crippen molar-refractivity contribution < 1.29 is 14.3 Å². The number of carbonyl (C=O) groups excluding carboxylic acids is 2. The van der Waals surface area contributed by atoms with Crippen LogP contribution in [0, 0.1) is 0 Å². The smallest absolute Gasteiger partial charge is 0.336 e. The lowest BCUT2D eigenvalue weighted by Gasteiger charge is -2.36. The van der Waals surface area contributed by atoms with Crippen LogP contribution >= 0.6 is 23.2 Å². The van der Waals surface area contributed by atoms with Crippen molar-refractivity contribution in [3.8, 4) is 0 Å². The molecule has 2 aliphatic rings. The fourth-order valence-corrected chi connectivity index (χ4v) is 4.91. The summed E-state index contributed by atoms with van der Waals surface area (Å²) in [5.41, 5.74) is 4.67. The number of halogens is 2. The molecule has 6 heteroatoms. The zero-order chi connectivity index (χ0) is 23.5. The number of Topliss-reactive ketones (excluding diaryl/α,β-unsaturated/α-hetero) is 1. The molecule has 4 nitrogen and oxygen atoms in total. The quantitative estimate of drug-likeness (QED) is 0.366. The maximum Gasteiger partial charge on any atom is 0.336 e. The topological polar surface area (TPSA) is 55.4 Å². The molecule has 0 radical (unpaired) electrons. The first-order valence-corrected chi connectivity index (χ1v) is 12.1. The van der Waals surface area contributed by atoms with E-state index in [1.165, 1.54) is 0 Å². The highest BCUT2D eigenvalue weighted by molar-refractivity contribution is 6.30. The van der Waals surface area contributed by atoms with Crippen molar-refractivity contribution in [2.45, 2.75) is 51.4 Å². The largest absolute Gasteiger partial charge is 0.462 e. The van der Waals surface area contributed by atoms with Gasteiger partial charge in [0.25, 0.3) is 0 Å². The van der Waals surface area contributed by atoms with E-state index in [4.69, 9.17) is 27.9 Å². The molecule has 1 aliphatic heterocycles. The summed E-state index contributed by atoms with van der Waals surface area (Å²) in [6.07, 6.45) is 2.79. The van der Waals surface area contributed by atoms with Crippen LogP contribution < -0.4 is 5.32 Å². The molecule has 2 aromatic rings. The van der Waals surface area contributed by atoms with Gasteiger partial charge in [0.1, 0.15) is 0 Å². The van der Waals surface area contributed by atoms with Crippen LogP contribution in [0.3, 0.4) is 0 Å². The third kappa shape index (κ3) is 5.02. The molecule has 0 saturated carbocycles. The van der Waals surface area contributed by atoms with E-state index in [1.807, 2.05) is 50.2 Å². The number of esters is 1. The Hall–Kier alpha value is -2.56. The lowest BCUT2D eigenvalue weighted by atomic mass is 9.72. The second-order valence-corrected chi connectivity index (χ2v) is 9.48. The Morgan fingerprint density at radius 3 is 2.21 bits per heavy atom. The highest BCUT2D eigenvalue weighted by Gasteiger charge is 2.41. The molecule has 0 amide bonds. The van der Waals surface area contributed by atoms with E-state index >= 15 is 0 Å². The van der Waals surface area contributed by atoms with Crippen molar-refractivity contribution in [3.63, 3.8) is 0 Å². The summed E-state index contributed by atoms with van der Waals surface area (Å²) < 4.78 is 5.58. The number of nitrogens with one attached hydrogen (secondary N) is 1. The fraction of sp³-hybridized carbons (Fsp3) is 0.333. The minimum atomic E-state index is -0.480. The van der Waals surface area contributed by atoms with Crippen molar-refractivity contribution in [3.05, 3.63) is 92.2 Å². The summed E-state index contributed by atoms with van der Waals surface area (Å²) in [6, 6.07) is 15.0. The van der Waals surface area contributed by atoms with Gasteiger partial charge in [0.15, 0.2) is 5.78 Å². The number of benzene rings is 2. The highest BCUT2D eigenvalue weighted by Crippen LogP contribution is 2.45. The summed E-state index contributed by atoms with van der Waals surface area (Å²) >= 11 is 12.2. The van der Waals surface area contributed by atoms with Crippen LogP contribution in [0.15, 0.2) is 71.1 Å². The van der Waals surface area contributed by atoms with Gasteiger partial charge >= 0.3 is 5.97 Å². The Kier molecular flexibility index (Phi) is 7.26. The molecule has 1 N–H and O–H groups in total. The second kappa shape index (κ2) is 10.1. The molecular formula is C27H27Cl2NO3. The van der Waals surface area contributed by atoms with E-state index in [2.05, 4.69) is 5.32 Å². The summed E-state index contributed by atoms with van der Waals surface area (Å²) in [4.78, 5) is 26.7. The number of ketones is 1. The normalized spacial score (nSPS) is 20.4. The number of carbonyl (C=O) groups is 2. The van der Waals surface area contributed by atoms with E-state index in [9.17, 15) is 9.59 Å². The molecule has 1 heterocycles. The third-order valence-electron chi connectivity index (χ3n) is 6.32. The van der Waals surface area contributed by atoms with Crippen molar-refractivity contribution >= 4 is 35.0 Å². The van der Waals surface area contributed by atoms with Gasteiger partial charge in [-0.2, -0.15) is 0 Å². The van der Waals surface area contributed by atoms with Gasteiger partial charge in [-0.05, 0) is 61.1 Å². The molecule has 0 fully saturated rings. The van der Waals surface area contributed by atoms with Crippen LogP contribution in [0.1, 0.15) is 62.5 Å². The monoisotopic (exact) mass is 483 g/mol. The molecule has 4 rings (SSSR count). The minimum Gasteiger partial charge on any atom is -0.462 e. The molecule has 33 heavy (non-hydrogen) atoms. The summed E-state index contributed by atoms with van der Waals surface area (Å²) in [7, 11) is 0. The number of allylic oxidation sites excluding steroid dienone is 3. The Morgan fingerprint density at radius 1 is 1.00 bits per heavy atom. The predicted molar refractivity (Wildman–Crippen MR) is 131 cm³/mol. The van der Waals surface area contributed by atoms with Gasteiger partial charge in [-0.15, -0.1) is 0 Å². The molecule has 2 aromatic carbocycles. The first kappa shape index (κ1) is 23.6. The van der Waals surface area contributed by atoms with E-state index in [0.29, 0.717) is 40.6 Å². The first-order valence-electron chi connectivity index (χ1n) is 11.3. The Morgan fingerprint density at radius 2 is 1.61 bits per heavy atom. The van der Waals surface area contributed by atoms with E-state index in [0.717, 1.165) is 35.4 Å². The van der Waals surface area contributed by atoms with Crippen LogP contribution in [0.4, 0.5) is 0 Å². The van der Waals surface area contributed by atoms with Gasteiger partial charge in [0, 0.05) is 39.4 Å². The number of dihydropyridines is 1. The van der Waals surface area contributed by atoms with Crippen LogP contribution in [0.5, 0.6) is 0 Å². The van der Waals surface area contributed by atoms with Gasteiger partial charge in [0.2, 0.25) is 0 Å². The Labute approximate surface area is 204 Å². The number of hydrogen-bond donors (Lipinski definition) is 1. The van der Waals surface area contributed by atoms with Crippen LogP contribution in [-0.4, -0.2) is 18.4 Å². The lowest BCUT2D eigenvalue weighted by Crippen LogP contribution is -2.36. The van der Waals surface area contributed by atoms with E-state index in [1.54, 1.807) is 12.1 Å². The van der Waals surface area contributed by atoms with Crippen LogP contribution in [0.25, 0.3) is 0 Å². The number of rotatable bonds is 6. The first-order chi connectivity index (χ1) is 15.9. The Balaban J connectivity index is 1.73. The van der Waals surface area contributed by atoms with Crippen LogP contribution in [0.2, 0.25) is 10.0 Å². The summed E-state index contributed by atoms with van der Waals surface area (Å²) in [5, 5.41) is 4.65. The SMILES string of the molecule is CCCCOC(=O)C1=C(C)NC2=C(C(=O)CC(c3ccc(Cl)cc3)C2)C1c1ccc(Cl)cc1.